The van der Waals surface area contributed by atoms with Crippen molar-refractivity contribution in [1.82, 2.24) is 5.32 Å². The van der Waals surface area contributed by atoms with Crippen LogP contribution in [0.15, 0.2) is 46.9 Å². The van der Waals surface area contributed by atoms with Crippen LogP contribution in [0.1, 0.15) is 29.5 Å². The van der Waals surface area contributed by atoms with Gasteiger partial charge in [0.05, 0.1) is 6.10 Å². The summed E-state index contributed by atoms with van der Waals surface area (Å²) in [5, 5.41) is 3.49. The molecule has 1 unspecified atom stereocenters. The zero-order valence-corrected chi connectivity index (χ0v) is 16.9. The van der Waals surface area contributed by atoms with Crippen molar-refractivity contribution in [2.45, 2.75) is 39.0 Å². The van der Waals surface area contributed by atoms with Gasteiger partial charge in [0, 0.05) is 29.7 Å². The average Bonchev–Trinajstić information content (AvgIpc) is 3.09. The molecule has 1 aliphatic rings. The fraction of sp³-hybridized carbons (Fsp3) is 0.400. The third-order valence-corrected chi connectivity index (χ3v) is 4.74. The lowest BCUT2D eigenvalue weighted by Crippen LogP contribution is -2.26. The van der Waals surface area contributed by atoms with E-state index in [1.807, 2.05) is 12.1 Å². The van der Waals surface area contributed by atoms with Crippen LogP contribution >= 0.6 is 28.3 Å². The van der Waals surface area contributed by atoms with Gasteiger partial charge >= 0.3 is 0 Å². The van der Waals surface area contributed by atoms with Crippen LogP contribution in [0.2, 0.25) is 0 Å². The summed E-state index contributed by atoms with van der Waals surface area (Å²) in [6.07, 6.45) is 2.69. The van der Waals surface area contributed by atoms with Crippen LogP contribution in [-0.4, -0.2) is 19.3 Å². The number of halogens is 2. The molecule has 3 rings (SSSR count). The first-order chi connectivity index (χ1) is 11.7. The monoisotopic (exact) mass is 425 g/mol. The maximum absolute atomic E-state index is 6.05. The number of nitrogens with one attached hydrogen (secondary N) is 1. The zero-order valence-electron chi connectivity index (χ0n) is 14.5. The summed E-state index contributed by atoms with van der Waals surface area (Å²) in [5.41, 5.74) is 3.61. The predicted octanol–water partition coefficient (Wildman–Crippen LogP) is 5.03. The molecule has 3 nitrogen and oxygen atoms in total. The molecule has 0 amide bonds. The van der Waals surface area contributed by atoms with E-state index in [1.165, 1.54) is 17.5 Å². The van der Waals surface area contributed by atoms with E-state index in [0.717, 1.165) is 41.9 Å². The molecule has 2 aromatic carbocycles. The Balaban J connectivity index is 0.00000225. The van der Waals surface area contributed by atoms with E-state index in [0.29, 0.717) is 12.7 Å². The predicted molar refractivity (Wildman–Crippen MR) is 108 cm³/mol. The molecule has 1 N–H and O–H groups in total. The Hall–Kier alpha value is -1.07. The maximum atomic E-state index is 6.05. The highest BCUT2D eigenvalue weighted by molar-refractivity contribution is 9.10. The lowest BCUT2D eigenvalue weighted by molar-refractivity contribution is 0.110. The third-order valence-electron chi connectivity index (χ3n) is 4.25. The van der Waals surface area contributed by atoms with Crippen LogP contribution in [0, 0.1) is 6.92 Å². The van der Waals surface area contributed by atoms with Gasteiger partial charge in [-0.25, -0.2) is 0 Å². The minimum atomic E-state index is 0. The second-order valence-electron chi connectivity index (χ2n) is 6.29. The highest BCUT2D eigenvalue weighted by Gasteiger charge is 2.15. The highest BCUT2D eigenvalue weighted by atomic mass is 79.9. The van der Waals surface area contributed by atoms with Crippen molar-refractivity contribution in [2.24, 2.45) is 0 Å². The molecule has 0 aromatic heterocycles. The summed E-state index contributed by atoms with van der Waals surface area (Å²) in [7, 11) is 0. The van der Waals surface area contributed by atoms with Gasteiger partial charge in [-0.1, -0.05) is 45.8 Å². The molecule has 25 heavy (non-hydrogen) atoms. The van der Waals surface area contributed by atoms with Gasteiger partial charge in [-0.3, -0.25) is 0 Å². The summed E-state index contributed by atoms with van der Waals surface area (Å²) < 4.78 is 12.8. The summed E-state index contributed by atoms with van der Waals surface area (Å²) >= 11 is 3.55. The van der Waals surface area contributed by atoms with Gasteiger partial charge in [0.15, 0.2) is 0 Å². The van der Waals surface area contributed by atoms with Gasteiger partial charge in [0.25, 0.3) is 0 Å². The van der Waals surface area contributed by atoms with E-state index in [1.54, 1.807) is 0 Å². The Morgan fingerprint density at radius 3 is 2.72 bits per heavy atom. The van der Waals surface area contributed by atoms with Crippen LogP contribution in [0.5, 0.6) is 5.75 Å². The SMILES string of the molecule is Cc1ccc(COc2ccc(Br)cc2CNCC2CCCO2)cc1.Cl. The summed E-state index contributed by atoms with van der Waals surface area (Å²) in [5.74, 6) is 0.929. The van der Waals surface area contributed by atoms with E-state index in [-0.39, 0.29) is 12.4 Å². The third kappa shape index (κ3) is 6.30. The first-order valence-corrected chi connectivity index (χ1v) is 9.29. The number of benzene rings is 2. The Bertz CT molecular complexity index is 657. The lowest BCUT2D eigenvalue weighted by atomic mass is 10.1. The highest BCUT2D eigenvalue weighted by Crippen LogP contribution is 2.24. The van der Waals surface area contributed by atoms with Crippen molar-refractivity contribution < 1.29 is 9.47 Å². The van der Waals surface area contributed by atoms with Gasteiger partial charge in [0.2, 0.25) is 0 Å². The molecule has 0 radical (unpaired) electrons. The second-order valence-corrected chi connectivity index (χ2v) is 7.21. The standard InChI is InChI=1S/C20H24BrNO2.ClH/c1-15-4-6-16(7-5-15)14-24-20-9-8-18(21)11-17(20)12-22-13-19-3-2-10-23-19;/h4-9,11,19,22H,2-3,10,12-14H2,1H3;1H. The maximum Gasteiger partial charge on any atom is 0.124 e. The number of hydrogen-bond acceptors (Lipinski definition) is 3. The molecule has 0 bridgehead atoms. The van der Waals surface area contributed by atoms with Crippen LogP contribution in [0.25, 0.3) is 0 Å². The van der Waals surface area contributed by atoms with E-state index in [2.05, 4.69) is 58.5 Å². The molecular weight excluding hydrogens is 402 g/mol. The normalized spacial score (nSPS) is 16.5. The first-order valence-electron chi connectivity index (χ1n) is 8.50. The Morgan fingerprint density at radius 1 is 1.20 bits per heavy atom. The molecule has 0 saturated carbocycles. The van der Waals surface area contributed by atoms with Crippen LogP contribution in [-0.2, 0) is 17.9 Å². The molecule has 0 aliphatic carbocycles. The number of aryl methyl sites for hydroxylation is 1. The Labute approximate surface area is 164 Å². The van der Waals surface area contributed by atoms with E-state index in [4.69, 9.17) is 9.47 Å². The molecular formula is C20H25BrClNO2. The molecule has 1 saturated heterocycles. The molecule has 5 heteroatoms. The van der Waals surface area contributed by atoms with Gasteiger partial charge in [-0.05, 0) is 43.5 Å². The lowest BCUT2D eigenvalue weighted by Gasteiger charge is -2.15. The smallest absolute Gasteiger partial charge is 0.124 e. The number of rotatable bonds is 7. The summed E-state index contributed by atoms with van der Waals surface area (Å²) in [6.45, 7) is 5.25. The topological polar surface area (TPSA) is 30.5 Å². The number of hydrogen-bond donors (Lipinski definition) is 1. The molecule has 2 aromatic rings. The van der Waals surface area contributed by atoms with Crippen molar-refractivity contribution in [3.05, 3.63) is 63.6 Å². The second kappa shape index (κ2) is 10.2. The van der Waals surface area contributed by atoms with Gasteiger partial charge < -0.3 is 14.8 Å². The van der Waals surface area contributed by atoms with Gasteiger partial charge in [-0.2, -0.15) is 0 Å². The molecule has 1 heterocycles. The van der Waals surface area contributed by atoms with Crippen molar-refractivity contribution in [3.63, 3.8) is 0 Å². The van der Waals surface area contributed by atoms with Crippen LogP contribution in [0.3, 0.4) is 0 Å². The molecule has 0 spiro atoms. The quantitative estimate of drug-likeness (QED) is 0.674. The molecule has 1 fully saturated rings. The minimum absolute atomic E-state index is 0. The molecule has 136 valence electrons. The fourth-order valence-corrected chi connectivity index (χ4v) is 3.25. The Kier molecular flexibility index (Phi) is 8.24. The van der Waals surface area contributed by atoms with E-state index < -0.39 is 0 Å². The van der Waals surface area contributed by atoms with E-state index >= 15 is 0 Å². The van der Waals surface area contributed by atoms with E-state index in [9.17, 15) is 0 Å². The summed E-state index contributed by atoms with van der Waals surface area (Å²) in [4.78, 5) is 0. The zero-order chi connectivity index (χ0) is 16.8. The minimum Gasteiger partial charge on any atom is -0.489 e. The van der Waals surface area contributed by atoms with Crippen molar-refractivity contribution in [3.8, 4) is 5.75 Å². The van der Waals surface area contributed by atoms with Crippen molar-refractivity contribution >= 4 is 28.3 Å². The van der Waals surface area contributed by atoms with Crippen LogP contribution in [0.4, 0.5) is 0 Å². The first kappa shape index (κ1) is 20.2. The summed E-state index contributed by atoms with van der Waals surface area (Å²) in [6, 6.07) is 14.6. The van der Waals surface area contributed by atoms with Gasteiger partial charge in [0.1, 0.15) is 12.4 Å². The largest absolute Gasteiger partial charge is 0.489 e. The number of ether oxygens (including phenoxy) is 2. The van der Waals surface area contributed by atoms with Crippen molar-refractivity contribution in [2.75, 3.05) is 13.2 Å². The van der Waals surface area contributed by atoms with Gasteiger partial charge in [-0.15, -0.1) is 12.4 Å². The van der Waals surface area contributed by atoms with Crippen molar-refractivity contribution in [1.29, 1.82) is 0 Å². The average molecular weight is 427 g/mol. The molecule has 1 aliphatic heterocycles. The Morgan fingerprint density at radius 2 is 2.00 bits per heavy atom. The molecule has 1 atom stereocenters. The van der Waals surface area contributed by atoms with Crippen LogP contribution < -0.4 is 10.1 Å². The fourth-order valence-electron chi connectivity index (χ4n) is 2.85.